The lowest BCUT2D eigenvalue weighted by Gasteiger charge is -2.35. The van der Waals surface area contributed by atoms with Gasteiger partial charge in [-0.2, -0.15) is 0 Å². The maximum absolute atomic E-state index is 12.8. The Morgan fingerprint density at radius 1 is 1.22 bits per heavy atom. The van der Waals surface area contributed by atoms with Crippen LogP contribution in [-0.4, -0.2) is 18.5 Å². The first-order valence-electron chi connectivity index (χ1n) is 8.19. The summed E-state index contributed by atoms with van der Waals surface area (Å²) in [6, 6.07) is 4.11. The second-order valence-electron chi connectivity index (χ2n) is 6.68. The van der Waals surface area contributed by atoms with E-state index in [9.17, 15) is 9.59 Å². The molecule has 3 atom stereocenters. The number of benzene rings is 1. The highest BCUT2D eigenvalue weighted by atomic mass is 16.5. The summed E-state index contributed by atoms with van der Waals surface area (Å²) in [4.78, 5) is 24.9. The van der Waals surface area contributed by atoms with Crippen LogP contribution in [-0.2, 0) is 14.3 Å². The molecule has 122 valence electrons. The van der Waals surface area contributed by atoms with Gasteiger partial charge in [0, 0.05) is 5.69 Å². The molecule has 1 aromatic carbocycles. The Morgan fingerprint density at radius 3 is 2.61 bits per heavy atom. The van der Waals surface area contributed by atoms with Crippen LogP contribution in [0, 0.1) is 38.5 Å². The van der Waals surface area contributed by atoms with Crippen molar-refractivity contribution in [3.63, 3.8) is 0 Å². The fourth-order valence-electron chi connectivity index (χ4n) is 3.83. The number of carbonyl (C=O) groups excluding carboxylic acids is 2. The van der Waals surface area contributed by atoms with Gasteiger partial charge < -0.3 is 10.1 Å². The summed E-state index contributed by atoms with van der Waals surface area (Å²) in [5, 5.41) is 3.05. The minimum absolute atomic E-state index is 0.0850. The van der Waals surface area contributed by atoms with Crippen molar-refractivity contribution >= 4 is 17.6 Å². The molecule has 23 heavy (non-hydrogen) atoms. The summed E-state index contributed by atoms with van der Waals surface area (Å²) in [5.74, 6) is -0.889. The van der Waals surface area contributed by atoms with Crippen LogP contribution in [0.15, 0.2) is 24.3 Å². The standard InChI is InChI=1S/C19H23NO3/c1-11-9-12(2)17(13(3)10-11)20-18(21)15-6-4-5-14-7-8-23-19(22)16(14)15/h4-5,9-10,14-16H,6-8H2,1-3H3,(H,20,21)/t14-,15-,16+/m1/s1. The Hall–Kier alpha value is -2.10. The lowest BCUT2D eigenvalue weighted by atomic mass is 9.73. The van der Waals surface area contributed by atoms with Crippen LogP contribution < -0.4 is 5.32 Å². The molecule has 4 nitrogen and oxygen atoms in total. The largest absolute Gasteiger partial charge is 0.465 e. The van der Waals surface area contributed by atoms with Crippen molar-refractivity contribution in [3.8, 4) is 0 Å². The van der Waals surface area contributed by atoms with Gasteiger partial charge in [0.05, 0.1) is 18.4 Å². The number of esters is 1. The molecule has 1 aliphatic heterocycles. The Morgan fingerprint density at radius 2 is 1.91 bits per heavy atom. The SMILES string of the molecule is Cc1cc(C)c(NC(=O)[C@@H]2CC=C[C@@H]3CCOC(=O)[C@@H]32)c(C)c1. The van der Waals surface area contributed by atoms with E-state index in [0.717, 1.165) is 23.2 Å². The van der Waals surface area contributed by atoms with Crippen LogP contribution >= 0.6 is 0 Å². The summed E-state index contributed by atoms with van der Waals surface area (Å²) < 4.78 is 5.19. The van der Waals surface area contributed by atoms with E-state index < -0.39 is 0 Å². The molecule has 1 aliphatic carbocycles. The van der Waals surface area contributed by atoms with Gasteiger partial charge in [0.2, 0.25) is 5.91 Å². The first kappa shape index (κ1) is 15.8. The predicted molar refractivity (Wildman–Crippen MR) is 89.1 cm³/mol. The molecule has 0 radical (unpaired) electrons. The number of cyclic esters (lactones) is 1. The monoisotopic (exact) mass is 313 g/mol. The molecule has 1 aromatic rings. The third-order valence-corrected chi connectivity index (χ3v) is 4.90. The molecule has 1 heterocycles. The van der Waals surface area contributed by atoms with Gasteiger partial charge in [-0.05, 0) is 50.7 Å². The molecule has 1 fully saturated rings. The summed E-state index contributed by atoms with van der Waals surface area (Å²) in [6.07, 6.45) is 5.49. The van der Waals surface area contributed by atoms with E-state index in [-0.39, 0.29) is 29.6 Å². The second-order valence-corrected chi connectivity index (χ2v) is 6.68. The highest BCUT2D eigenvalue weighted by Crippen LogP contribution is 2.37. The van der Waals surface area contributed by atoms with Crippen molar-refractivity contribution in [1.82, 2.24) is 0 Å². The van der Waals surface area contributed by atoms with Crippen LogP contribution in [0.1, 0.15) is 29.5 Å². The maximum Gasteiger partial charge on any atom is 0.310 e. The average molecular weight is 313 g/mol. The molecular weight excluding hydrogens is 290 g/mol. The van der Waals surface area contributed by atoms with Crippen LogP contribution in [0.25, 0.3) is 0 Å². The number of allylic oxidation sites excluding steroid dienone is 2. The van der Waals surface area contributed by atoms with Crippen LogP contribution in [0.2, 0.25) is 0 Å². The Labute approximate surface area is 136 Å². The molecule has 3 rings (SSSR count). The first-order chi connectivity index (χ1) is 11.0. The van der Waals surface area contributed by atoms with E-state index in [4.69, 9.17) is 4.74 Å². The van der Waals surface area contributed by atoms with E-state index in [1.165, 1.54) is 5.56 Å². The van der Waals surface area contributed by atoms with Crippen molar-refractivity contribution in [2.24, 2.45) is 17.8 Å². The number of anilines is 1. The highest BCUT2D eigenvalue weighted by Gasteiger charge is 2.43. The summed E-state index contributed by atoms with van der Waals surface area (Å²) in [6.45, 7) is 6.48. The summed E-state index contributed by atoms with van der Waals surface area (Å²) in [7, 11) is 0. The van der Waals surface area contributed by atoms with Crippen molar-refractivity contribution in [3.05, 3.63) is 41.0 Å². The van der Waals surface area contributed by atoms with E-state index in [1.807, 2.05) is 26.8 Å². The Kier molecular flexibility index (Phi) is 4.24. The van der Waals surface area contributed by atoms with E-state index in [2.05, 4.69) is 23.5 Å². The molecule has 0 saturated carbocycles. The Bertz CT molecular complexity index is 654. The first-order valence-corrected chi connectivity index (χ1v) is 8.19. The molecule has 1 saturated heterocycles. The van der Waals surface area contributed by atoms with E-state index >= 15 is 0 Å². The zero-order valence-electron chi connectivity index (χ0n) is 13.9. The molecule has 0 bridgehead atoms. The second kappa shape index (κ2) is 6.19. The van der Waals surface area contributed by atoms with E-state index in [1.54, 1.807) is 0 Å². The van der Waals surface area contributed by atoms with Gasteiger partial charge in [0.1, 0.15) is 0 Å². The molecule has 0 spiro atoms. The Balaban J connectivity index is 1.83. The smallest absolute Gasteiger partial charge is 0.310 e. The minimum Gasteiger partial charge on any atom is -0.465 e. The van der Waals surface area contributed by atoms with Crippen LogP contribution in [0.3, 0.4) is 0 Å². The average Bonchev–Trinajstić information content (AvgIpc) is 2.50. The number of rotatable bonds is 2. The van der Waals surface area contributed by atoms with Crippen LogP contribution in [0.4, 0.5) is 5.69 Å². The molecule has 0 unspecified atom stereocenters. The van der Waals surface area contributed by atoms with Gasteiger partial charge in [-0.15, -0.1) is 0 Å². The molecular formula is C19H23NO3. The van der Waals surface area contributed by atoms with E-state index in [0.29, 0.717) is 13.0 Å². The number of aryl methyl sites for hydroxylation is 3. The van der Waals surface area contributed by atoms with Gasteiger partial charge in [0.15, 0.2) is 0 Å². The van der Waals surface area contributed by atoms with Crippen molar-refractivity contribution in [2.75, 3.05) is 11.9 Å². The van der Waals surface area contributed by atoms with Gasteiger partial charge in [0.25, 0.3) is 0 Å². The van der Waals surface area contributed by atoms with Crippen molar-refractivity contribution in [2.45, 2.75) is 33.6 Å². The number of amides is 1. The topological polar surface area (TPSA) is 55.4 Å². The highest BCUT2D eigenvalue weighted by molar-refractivity contribution is 5.97. The number of fused-ring (bicyclic) bond motifs is 1. The zero-order chi connectivity index (χ0) is 16.6. The fourth-order valence-corrected chi connectivity index (χ4v) is 3.83. The quantitative estimate of drug-likeness (QED) is 0.673. The molecule has 1 N–H and O–H groups in total. The number of ether oxygens (including phenoxy) is 1. The number of carbonyl (C=O) groups is 2. The molecule has 0 aromatic heterocycles. The molecule has 1 amide bonds. The third kappa shape index (κ3) is 3.03. The normalized spacial score (nSPS) is 26.4. The lowest BCUT2D eigenvalue weighted by molar-refractivity contribution is -0.160. The van der Waals surface area contributed by atoms with Crippen LogP contribution in [0.5, 0.6) is 0 Å². The summed E-state index contributed by atoms with van der Waals surface area (Å²) in [5.41, 5.74) is 4.13. The van der Waals surface area contributed by atoms with Gasteiger partial charge in [-0.1, -0.05) is 29.8 Å². The zero-order valence-corrected chi connectivity index (χ0v) is 13.9. The number of nitrogens with one attached hydrogen (secondary N) is 1. The van der Waals surface area contributed by atoms with Gasteiger partial charge in [-0.25, -0.2) is 0 Å². The maximum atomic E-state index is 12.8. The third-order valence-electron chi connectivity index (χ3n) is 4.90. The predicted octanol–water partition coefficient (Wildman–Crippen LogP) is 3.31. The van der Waals surface area contributed by atoms with Crippen molar-refractivity contribution < 1.29 is 14.3 Å². The number of hydrogen-bond acceptors (Lipinski definition) is 3. The van der Waals surface area contributed by atoms with Crippen molar-refractivity contribution in [1.29, 1.82) is 0 Å². The van der Waals surface area contributed by atoms with Gasteiger partial charge in [-0.3, -0.25) is 9.59 Å². The number of hydrogen-bond donors (Lipinski definition) is 1. The minimum atomic E-state index is -0.349. The van der Waals surface area contributed by atoms with Gasteiger partial charge >= 0.3 is 5.97 Å². The lowest BCUT2D eigenvalue weighted by Crippen LogP contribution is -2.43. The molecule has 4 heteroatoms. The fraction of sp³-hybridized carbons (Fsp3) is 0.474. The molecule has 2 aliphatic rings. The summed E-state index contributed by atoms with van der Waals surface area (Å²) >= 11 is 0.